The highest BCUT2D eigenvalue weighted by molar-refractivity contribution is 7.13. The molecule has 1 saturated heterocycles. The number of aromatic nitrogens is 1. The predicted octanol–water partition coefficient (Wildman–Crippen LogP) is 3.18. The summed E-state index contributed by atoms with van der Waals surface area (Å²) in [6, 6.07) is 4.78. The van der Waals surface area contributed by atoms with Gasteiger partial charge < -0.3 is 10.1 Å². The van der Waals surface area contributed by atoms with Crippen LogP contribution in [0.3, 0.4) is 0 Å². The van der Waals surface area contributed by atoms with Crippen molar-refractivity contribution in [1.82, 2.24) is 9.88 Å². The number of rotatable bonds is 5. The highest BCUT2D eigenvalue weighted by Gasteiger charge is 2.30. The van der Waals surface area contributed by atoms with Gasteiger partial charge in [0.1, 0.15) is 0 Å². The largest absolute Gasteiger partial charge is 0.416 e. The van der Waals surface area contributed by atoms with Crippen molar-refractivity contribution >= 4 is 22.4 Å². The summed E-state index contributed by atoms with van der Waals surface area (Å²) in [7, 11) is 0. The molecule has 0 aliphatic carbocycles. The Hall–Kier alpha value is -1.97. The van der Waals surface area contributed by atoms with Crippen LogP contribution in [-0.2, 0) is 28.7 Å². The summed E-state index contributed by atoms with van der Waals surface area (Å²) in [6.45, 7) is 3.77. The number of thiazole rings is 1. The number of carbonyl (C=O) groups excluding carboxylic acids is 1. The number of carbonyl (C=O) groups is 1. The highest BCUT2D eigenvalue weighted by Crippen LogP contribution is 2.29. The molecule has 1 aromatic heterocycles. The van der Waals surface area contributed by atoms with Crippen molar-refractivity contribution in [2.24, 2.45) is 0 Å². The van der Waals surface area contributed by atoms with Crippen LogP contribution in [-0.4, -0.2) is 42.1 Å². The van der Waals surface area contributed by atoms with Crippen LogP contribution >= 0.6 is 11.3 Å². The Kier molecular flexibility index (Phi) is 5.90. The molecule has 0 saturated carbocycles. The summed E-state index contributed by atoms with van der Waals surface area (Å²) in [5, 5.41) is 4.97. The van der Waals surface area contributed by atoms with E-state index in [9.17, 15) is 18.0 Å². The molecule has 140 valence electrons. The first kappa shape index (κ1) is 18.8. The van der Waals surface area contributed by atoms with Gasteiger partial charge in [-0.2, -0.15) is 13.2 Å². The van der Waals surface area contributed by atoms with E-state index in [4.69, 9.17) is 4.74 Å². The van der Waals surface area contributed by atoms with Gasteiger partial charge in [0.05, 0.1) is 30.9 Å². The van der Waals surface area contributed by atoms with Gasteiger partial charge in [-0.05, 0) is 11.6 Å². The van der Waals surface area contributed by atoms with Crippen LogP contribution in [0.15, 0.2) is 29.6 Å². The maximum absolute atomic E-state index is 12.7. The first-order valence-corrected chi connectivity index (χ1v) is 8.98. The molecule has 5 nitrogen and oxygen atoms in total. The predicted molar refractivity (Wildman–Crippen MR) is 92.0 cm³/mol. The zero-order chi connectivity index (χ0) is 18.6. The number of halogens is 3. The third kappa shape index (κ3) is 5.26. The van der Waals surface area contributed by atoms with E-state index in [1.807, 2.05) is 5.38 Å². The molecule has 1 aliphatic heterocycles. The zero-order valence-corrected chi connectivity index (χ0v) is 14.7. The SMILES string of the molecule is O=C(Cc1cccc(C(F)(F)F)c1)Nc1nc(CN2CCOCC2)cs1. The number of ether oxygens (including phenoxy) is 1. The number of nitrogens with one attached hydrogen (secondary N) is 1. The van der Waals surface area contributed by atoms with Gasteiger partial charge in [0.25, 0.3) is 0 Å². The Morgan fingerprint density at radius 3 is 2.81 bits per heavy atom. The van der Waals surface area contributed by atoms with Gasteiger partial charge in [0, 0.05) is 25.0 Å². The Labute approximate surface area is 152 Å². The molecule has 1 aliphatic rings. The standard InChI is InChI=1S/C17H18F3N3O2S/c18-17(19,20)13-3-1-2-12(8-13)9-15(24)22-16-21-14(11-26-16)10-23-4-6-25-7-5-23/h1-3,8,11H,4-7,9-10H2,(H,21,22,24). The Bertz CT molecular complexity index is 758. The van der Waals surface area contributed by atoms with Crippen LogP contribution in [0.25, 0.3) is 0 Å². The monoisotopic (exact) mass is 385 g/mol. The summed E-state index contributed by atoms with van der Waals surface area (Å²) < 4.78 is 43.5. The molecule has 1 fully saturated rings. The van der Waals surface area contributed by atoms with E-state index in [1.165, 1.54) is 23.5 Å². The van der Waals surface area contributed by atoms with Crippen molar-refractivity contribution in [3.63, 3.8) is 0 Å². The van der Waals surface area contributed by atoms with Crippen molar-refractivity contribution in [2.45, 2.75) is 19.1 Å². The Morgan fingerprint density at radius 1 is 1.31 bits per heavy atom. The molecule has 0 radical (unpaired) electrons. The van der Waals surface area contributed by atoms with Gasteiger partial charge in [-0.15, -0.1) is 11.3 Å². The average Bonchev–Trinajstić information content (AvgIpc) is 3.02. The fourth-order valence-corrected chi connectivity index (χ4v) is 3.35. The van der Waals surface area contributed by atoms with Gasteiger partial charge in [-0.25, -0.2) is 4.98 Å². The van der Waals surface area contributed by atoms with Crippen molar-refractivity contribution in [1.29, 1.82) is 0 Å². The van der Waals surface area contributed by atoms with Crippen molar-refractivity contribution in [3.8, 4) is 0 Å². The van der Waals surface area contributed by atoms with Crippen LogP contribution in [0, 0.1) is 0 Å². The van der Waals surface area contributed by atoms with Gasteiger partial charge in [0.15, 0.2) is 5.13 Å². The Morgan fingerprint density at radius 2 is 2.08 bits per heavy atom. The Balaban J connectivity index is 1.55. The van der Waals surface area contributed by atoms with Gasteiger partial charge in [-0.1, -0.05) is 18.2 Å². The second kappa shape index (κ2) is 8.15. The third-order valence-corrected chi connectivity index (χ3v) is 4.71. The van der Waals surface area contributed by atoms with Crippen molar-refractivity contribution < 1.29 is 22.7 Å². The normalized spacial score (nSPS) is 15.8. The van der Waals surface area contributed by atoms with E-state index < -0.39 is 17.6 Å². The molecule has 0 spiro atoms. The number of hydrogen-bond acceptors (Lipinski definition) is 5. The van der Waals surface area contributed by atoms with E-state index in [1.54, 1.807) is 0 Å². The first-order chi connectivity index (χ1) is 12.4. The highest BCUT2D eigenvalue weighted by atomic mass is 32.1. The van der Waals surface area contributed by atoms with Crippen LogP contribution in [0.2, 0.25) is 0 Å². The van der Waals surface area contributed by atoms with E-state index >= 15 is 0 Å². The minimum Gasteiger partial charge on any atom is -0.379 e. The molecule has 3 rings (SSSR count). The summed E-state index contributed by atoms with van der Waals surface area (Å²) in [4.78, 5) is 18.7. The lowest BCUT2D eigenvalue weighted by molar-refractivity contribution is -0.137. The van der Waals surface area contributed by atoms with Crippen LogP contribution in [0.5, 0.6) is 0 Å². The topological polar surface area (TPSA) is 54.5 Å². The minimum absolute atomic E-state index is 0.137. The van der Waals surface area contributed by atoms with Gasteiger partial charge in [-0.3, -0.25) is 9.69 Å². The maximum Gasteiger partial charge on any atom is 0.416 e. The fraction of sp³-hybridized carbons (Fsp3) is 0.412. The maximum atomic E-state index is 12.7. The van der Waals surface area contributed by atoms with Crippen molar-refractivity contribution in [2.75, 3.05) is 31.6 Å². The molecule has 0 unspecified atom stereocenters. The zero-order valence-electron chi connectivity index (χ0n) is 13.9. The molecule has 1 N–H and O–H groups in total. The molecule has 2 heterocycles. The van der Waals surface area contributed by atoms with E-state index in [0.29, 0.717) is 30.5 Å². The average molecular weight is 385 g/mol. The molecular formula is C17H18F3N3O2S. The third-order valence-electron chi connectivity index (χ3n) is 3.91. The summed E-state index contributed by atoms with van der Waals surface area (Å²) in [6.07, 6.45) is -4.56. The molecule has 1 aromatic carbocycles. The second-order valence-electron chi connectivity index (χ2n) is 5.96. The summed E-state index contributed by atoms with van der Waals surface area (Å²) >= 11 is 1.30. The molecule has 0 atom stereocenters. The summed E-state index contributed by atoms with van der Waals surface area (Å²) in [5.41, 5.74) is 0.401. The molecule has 26 heavy (non-hydrogen) atoms. The van der Waals surface area contributed by atoms with Crippen LogP contribution in [0.1, 0.15) is 16.8 Å². The van der Waals surface area contributed by atoms with Crippen molar-refractivity contribution in [3.05, 3.63) is 46.5 Å². The smallest absolute Gasteiger partial charge is 0.379 e. The number of morpholine rings is 1. The number of amides is 1. The van der Waals surface area contributed by atoms with Crippen LogP contribution in [0.4, 0.5) is 18.3 Å². The quantitative estimate of drug-likeness (QED) is 0.859. The molecular weight excluding hydrogens is 367 g/mol. The van der Waals surface area contributed by atoms with E-state index in [0.717, 1.165) is 30.9 Å². The number of anilines is 1. The number of benzene rings is 1. The lowest BCUT2D eigenvalue weighted by Gasteiger charge is -2.25. The number of alkyl halides is 3. The molecule has 2 aromatic rings. The second-order valence-corrected chi connectivity index (χ2v) is 6.81. The molecule has 0 bridgehead atoms. The molecule has 1 amide bonds. The number of hydrogen-bond donors (Lipinski definition) is 1. The fourth-order valence-electron chi connectivity index (χ4n) is 2.63. The van der Waals surface area contributed by atoms with E-state index in [-0.39, 0.29) is 6.42 Å². The lowest BCUT2D eigenvalue weighted by Crippen LogP contribution is -2.35. The van der Waals surface area contributed by atoms with Crippen LogP contribution < -0.4 is 5.32 Å². The first-order valence-electron chi connectivity index (χ1n) is 8.10. The van der Waals surface area contributed by atoms with E-state index in [2.05, 4.69) is 15.2 Å². The summed E-state index contributed by atoms with van der Waals surface area (Å²) in [5.74, 6) is -0.392. The molecule has 9 heteroatoms. The van der Waals surface area contributed by atoms with Gasteiger partial charge in [0.2, 0.25) is 5.91 Å². The van der Waals surface area contributed by atoms with Gasteiger partial charge >= 0.3 is 6.18 Å². The number of nitrogens with zero attached hydrogens (tertiary/aromatic N) is 2. The minimum atomic E-state index is -4.42. The lowest BCUT2D eigenvalue weighted by atomic mass is 10.1.